The van der Waals surface area contributed by atoms with E-state index >= 15 is 0 Å². The van der Waals surface area contributed by atoms with Crippen LogP contribution in [0.3, 0.4) is 0 Å². The Morgan fingerprint density at radius 2 is 1.95 bits per heavy atom. The molecule has 0 bridgehead atoms. The first-order valence-electron chi connectivity index (χ1n) is 6.63. The average molecular weight is 290 g/mol. The molecule has 6 heteroatoms. The van der Waals surface area contributed by atoms with E-state index in [1.807, 2.05) is 20.8 Å². The second kappa shape index (κ2) is 6.29. The number of hydrogen-bond donors (Lipinski definition) is 0. The van der Waals surface area contributed by atoms with Crippen LogP contribution in [-0.2, 0) is 23.2 Å². The number of hydrogen-bond acceptors (Lipinski definition) is 5. The molecule has 0 aromatic heterocycles. The minimum atomic E-state index is -3.12. The van der Waals surface area contributed by atoms with E-state index in [-0.39, 0.29) is 24.6 Å². The van der Waals surface area contributed by atoms with E-state index in [0.29, 0.717) is 19.3 Å². The molecule has 1 aliphatic heterocycles. The van der Waals surface area contributed by atoms with Crippen molar-refractivity contribution in [3.05, 3.63) is 0 Å². The monoisotopic (exact) mass is 290 g/mol. The molecule has 19 heavy (non-hydrogen) atoms. The third-order valence-corrected chi connectivity index (χ3v) is 4.44. The molecule has 0 spiro atoms. The van der Waals surface area contributed by atoms with Crippen LogP contribution in [0.4, 0.5) is 0 Å². The van der Waals surface area contributed by atoms with Crippen LogP contribution in [0.2, 0.25) is 0 Å². The third kappa shape index (κ3) is 4.83. The lowest BCUT2D eigenvalue weighted by atomic mass is 9.84. The van der Waals surface area contributed by atoms with Crippen molar-refractivity contribution in [1.29, 1.82) is 0 Å². The van der Waals surface area contributed by atoms with Gasteiger partial charge in [0.15, 0.2) is 5.78 Å². The first kappa shape index (κ1) is 16.5. The maximum absolute atomic E-state index is 12.2. The summed E-state index contributed by atoms with van der Waals surface area (Å²) >= 11 is 0. The summed E-state index contributed by atoms with van der Waals surface area (Å²) in [6, 6.07) is 0. The van der Waals surface area contributed by atoms with Gasteiger partial charge in [0.05, 0.1) is 6.61 Å². The first-order chi connectivity index (χ1) is 8.68. The van der Waals surface area contributed by atoms with Crippen molar-refractivity contribution in [1.82, 2.24) is 0 Å². The molecule has 1 unspecified atom stereocenters. The van der Waals surface area contributed by atoms with E-state index in [9.17, 15) is 14.2 Å². The summed E-state index contributed by atoms with van der Waals surface area (Å²) in [6.07, 6.45) is 0.998. The molecule has 1 saturated heterocycles. The van der Waals surface area contributed by atoms with Gasteiger partial charge in [-0.3, -0.25) is 18.7 Å². The highest BCUT2D eigenvalue weighted by molar-refractivity contribution is 7.53. The molecule has 1 rings (SSSR count). The fraction of sp³-hybridized carbons (Fsp3) is 0.846. The molecule has 0 saturated carbocycles. The minimum Gasteiger partial charge on any atom is -0.308 e. The summed E-state index contributed by atoms with van der Waals surface area (Å²) in [7, 11) is -3.12. The molecule has 1 aliphatic rings. The molecule has 1 heterocycles. The molecular formula is C13H23O5P. The highest BCUT2D eigenvalue weighted by Gasteiger charge is 2.45. The lowest BCUT2D eigenvalue weighted by molar-refractivity contribution is -0.136. The number of ketones is 2. The SMILES string of the molecule is CCC(=O)CCCC(=O)[C@@H]1OP(C)(=O)OCC1(C)C. The van der Waals surface area contributed by atoms with Gasteiger partial charge in [-0.25, -0.2) is 0 Å². The van der Waals surface area contributed by atoms with Gasteiger partial charge in [-0.15, -0.1) is 0 Å². The number of carbonyl (C=O) groups is 2. The molecule has 5 nitrogen and oxygen atoms in total. The molecule has 0 aliphatic carbocycles. The van der Waals surface area contributed by atoms with Crippen molar-refractivity contribution in [3.8, 4) is 0 Å². The van der Waals surface area contributed by atoms with Crippen molar-refractivity contribution < 1.29 is 23.2 Å². The minimum absolute atomic E-state index is 0.0979. The Labute approximate surface area is 114 Å². The predicted molar refractivity (Wildman–Crippen MR) is 72.3 cm³/mol. The van der Waals surface area contributed by atoms with Crippen LogP contribution in [-0.4, -0.2) is 30.9 Å². The molecular weight excluding hydrogens is 267 g/mol. The van der Waals surface area contributed by atoms with Crippen LogP contribution in [0.5, 0.6) is 0 Å². The highest BCUT2D eigenvalue weighted by Crippen LogP contribution is 2.53. The average Bonchev–Trinajstić information content (AvgIpc) is 2.32. The predicted octanol–water partition coefficient (Wildman–Crippen LogP) is 2.97. The largest absolute Gasteiger partial charge is 0.328 e. The molecule has 0 N–H and O–H groups in total. The van der Waals surface area contributed by atoms with E-state index in [1.54, 1.807) is 0 Å². The second-order valence-corrected chi connectivity index (χ2v) is 7.74. The van der Waals surface area contributed by atoms with Crippen molar-refractivity contribution in [2.24, 2.45) is 5.41 Å². The van der Waals surface area contributed by atoms with Gasteiger partial charge in [0, 0.05) is 31.3 Å². The Hall–Kier alpha value is -0.510. The van der Waals surface area contributed by atoms with E-state index < -0.39 is 19.1 Å². The topological polar surface area (TPSA) is 69.7 Å². The van der Waals surface area contributed by atoms with Crippen molar-refractivity contribution >= 4 is 19.2 Å². The highest BCUT2D eigenvalue weighted by atomic mass is 31.2. The standard InChI is InChI=1S/C13H23O5P/c1-5-10(14)7-6-8-11(15)12-13(2,3)9-17-19(4,16)18-12/h12H,5-9H2,1-4H3/t12-,19?/m0/s1. The summed E-state index contributed by atoms with van der Waals surface area (Å²) < 4.78 is 22.3. The smallest absolute Gasteiger partial charge is 0.308 e. The number of carbonyl (C=O) groups excluding carboxylic acids is 2. The third-order valence-electron chi connectivity index (χ3n) is 3.24. The molecule has 0 aromatic rings. The number of Topliss-reactive ketones (excluding diaryl/α,β-unsaturated/α-hetero) is 2. The Morgan fingerprint density at radius 1 is 1.32 bits per heavy atom. The Kier molecular flexibility index (Phi) is 5.48. The Balaban J connectivity index is 2.58. The van der Waals surface area contributed by atoms with E-state index in [1.165, 1.54) is 6.66 Å². The van der Waals surface area contributed by atoms with Gasteiger partial charge < -0.3 is 4.52 Å². The van der Waals surface area contributed by atoms with Crippen LogP contribution >= 0.6 is 7.60 Å². The normalized spacial score (nSPS) is 30.0. The van der Waals surface area contributed by atoms with Gasteiger partial charge in [0.25, 0.3) is 0 Å². The zero-order valence-corrected chi connectivity index (χ0v) is 13.0. The summed E-state index contributed by atoms with van der Waals surface area (Å²) in [5.41, 5.74) is -0.490. The van der Waals surface area contributed by atoms with Crippen LogP contribution in [0.15, 0.2) is 0 Å². The molecule has 0 amide bonds. The lowest BCUT2D eigenvalue weighted by Crippen LogP contribution is -2.44. The van der Waals surface area contributed by atoms with Crippen molar-refractivity contribution in [3.63, 3.8) is 0 Å². The molecule has 110 valence electrons. The summed E-state index contributed by atoms with van der Waals surface area (Å²) in [6.45, 7) is 7.13. The Morgan fingerprint density at radius 3 is 2.53 bits per heavy atom. The fourth-order valence-corrected chi connectivity index (χ4v) is 3.40. The number of rotatable bonds is 6. The summed E-state index contributed by atoms with van der Waals surface area (Å²) in [5.74, 6) is 0.0559. The van der Waals surface area contributed by atoms with Crippen LogP contribution in [0, 0.1) is 5.41 Å². The summed E-state index contributed by atoms with van der Waals surface area (Å²) in [5, 5.41) is 0. The maximum Gasteiger partial charge on any atom is 0.328 e. The zero-order valence-electron chi connectivity index (χ0n) is 12.1. The van der Waals surface area contributed by atoms with Gasteiger partial charge in [-0.05, 0) is 6.42 Å². The summed E-state index contributed by atoms with van der Waals surface area (Å²) in [4.78, 5) is 23.4. The second-order valence-electron chi connectivity index (χ2n) is 5.73. The molecule has 0 radical (unpaired) electrons. The van der Waals surface area contributed by atoms with Gasteiger partial charge in [0.1, 0.15) is 11.9 Å². The van der Waals surface area contributed by atoms with E-state index in [4.69, 9.17) is 9.05 Å². The van der Waals surface area contributed by atoms with Gasteiger partial charge in [-0.1, -0.05) is 20.8 Å². The molecule has 1 fully saturated rings. The van der Waals surface area contributed by atoms with E-state index in [2.05, 4.69) is 0 Å². The van der Waals surface area contributed by atoms with Gasteiger partial charge in [-0.2, -0.15) is 0 Å². The quantitative estimate of drug-likeness (QED) is 0.703. The van der Waals surface area contributed by atoms with Gasteiger partial charge >= 0.3 is 7.60 Å². The van der Waals surface area contributed by atoms with E-state index in [0.717, 1.165) is 0 Å². The Bertz CT molecular complexity index is 402. The molecule has 0 aromatic carbocycles. The van der Waals surface area contributed by atoms with Crippen molar-refractivity contribution in [2.75, 3.05) is 13.3 Å². The van der Waals surface area contributed by atoms with Crippen LogP contribution in [0.1, 0.15) is 46.5 Å². The lowest BCUT2D eigenvalue weighted by Gasteiger charge is -2.39. The maximum atomic E-state index is 12.2. The fourth-order valence-electron chi connectivity index (χ4n) is 1.99. The van der Waals surface area contributed by atoms with Crippen LogP contribution in [0.25, 0.3) is 0 Å². The van der Waals surface area contributed by atoms with Crippen LogP contribution < -0.4 is 0 Å². The van der Waals surface area contributed by atoms with Crippen molar-refractivity contribution in [2.45, 2.75) is 52.6 Å². The molecule has 2 atom stereocenters. The van der Waals surface area contributed by atoms with Gasteiger partial charge in [0.2, 0.25) is 0 Å². The first-order valence-corrected chi connectivity index (χ1v) is 8.62. The zero-order chi connectivity index (χ0) is 14.7.